The average molecular weight is 312 g/mol. The normalized spacial score (nSPS) is 33.6. The maximum Gasteiger partial charge on any atom is 0.236 e. The zero-order valence-electron chi connectivity index (χ0n) is 13.0. The molecule has 0 spiro atoms. The van der Waals surface area contributed by atoms with Crippen LogP contribution < -0.4 is 5.32 Å². The van der Waals surface area contributed by atoms with Gasteiger partial charge in [0.1, 0.15) is 0 Å². The number of aliphatic hydroxyl groups is 1. The summed E-state index contributed by atoms with van der Waals surface area (Å²) < 4.78 is -0.100. The van der Waals surface area contributed by atoms with Crippen LogP contribution in [0.5, 0.6) is 0 Å². The molecule has 0 aromatic heterocycles. The summed E-state index contributed by atoms with van der Waals surface area (Å²) in [6, 6.07) is 0.690. The molecule has 2 N–H and O–H groups in total. The number of carbonyl (C=O) groups is 1. The van der Waals surface area contributed by atoms with E-state index >= 15 is 0 Å². The quantitative estimate of drug-likeness (QED) is 0.831. The number of thioether (sulfide) groups is 1. The maximum absolute atomic E-state index is 12.3. The Morgan fingerprint density at radius 2 is 1.86 bits per heavy atom. The molecule has 5 heteroatoms. The molecule has 3 aliphatic rings. The van der Waals surface area contributed by atoms with Gasteiger partial charge in [-0.1, -0.05) is 12.8 Å². The van der Waals surface area contributed by atoms with E-state index in [1.807, 2.05) is 6.26 Å². The van der Waals surface area contributed by atoms with Gasteiger partial charge < -0.3 is 10.4 Å². The second-order valence-electron chi connectivity index (χ2n) is 6.90. The molecular weight excluding hydrogens is 284 g/mol. The molecule has 0 unspecified atom stereocenters. The van der Waals surface area contributed by atoms with Crippen molar-refractivity contribution in [2.24, 2.45) is 0 Å². The summed E-state index contributed by atoms with van der Waals surface area (Å²) in [7, 11) is 0. The molecule has 1 amide bonds. The second kappa shape index (κ2) is 6.47. The molecule has 1 saturated heterocycles. The number of hydrogen-bond acceptors (Lipinski definition) is 4. The van der Waals surface area contributed by atoms with E-state index in [0.29, 0.717) is 12.1 Å². The summed E-state index contributed by atoms with van der Waals surface area (Å²) in [5.74, 6) is 0.256. The molecule has 2 saturated carbocycles. The van der Waals surface area contributed by atoms with Gasteiger partial charge in [0.2, 0.25) is 5.91 Å². The lowest BCUT2D eigenvalue weighted by molar-refractivity contribution is -0.122. The molecule has 0 radical (unpaired) electrons. The van der Waals surface area contributed by atoms with E-state index in [9.17, 15) is 9.90 Å². The fourth-order valence-corrected chi connectivity index (χ4v) is 4.60. The second-order valence-corrected chi connectivity index (χ2v) is 8.09. The first-order valence-corrected chi connectivity index (χ1v) is 9.65. The number of nitrogens with one attached hydrogen (secondary N) is 1. The van der Waals surface area contributed by atoms with Crippen LogP contribution in [0.1, 0.15) is 51.4 Å². The number of carbonyl (C=O) groups excluding carboxylic acids is 1. The summed E-state index contributed by atoms with van der Waals surface area (Å²) >= 11 is 1.70. The topological polar surface area (TPSA) is 52.6 Å². The molecule has 0 bridgehead atoms. The lowest BCUT2D eigenvalue weighted by atomic mass is 9.89. The first-order chi connectivity index (χ1) is 10.1. The predicted molar refractivity (Wildman–Crippen MR) is 86.5 cm³/mol. The van der Waals surface area contributed by atoms with Crippen molar-refractivity contribution in [1.29, 1.82) is 0 Å². The number of likely N-dealkylation sites (tertiary alicyclic amines) is 1. The van der Waals surface area contributed by atoms with Crippen LogP contribution in [-0.4, -0.2) is 58.2 Å². The van der Waals surface area contributed by atoms with Crippen molar-refractivity contribution in [2.75, 3.05) is 19.3 Å². The van der Waals surface area contributed by atoms with Crippen molar-refractivity contribution in [3.8, 4) is 0 Å². The Morgan fingerprint density at radius 3 is 2.43 bits per heavy atom. The van der Waals surface area contributed by atoms with Crippen molar-refractivity contribution in [1.82, 2.24) is 10.2 Å². The fraction of sp³-hybridized carbons (Fsp3) is 0.938. The lowest BCUT2D eigenvalue weighted by Crippen LogP contribution is -2.53. The average Bonchev–Trinajstić information content (AvgIpc) is 3.30. The monoisotopic (exact) mass is 312 g/mol. The Kier molecular flexibility index (Phi) is 4.81. The van der Waals surface area contributed by atoms with Gasteiger partial charge in [-0.25, -0.2) is 0 Å². The lowest BCUT2D eigenvalue weighted by Gasteiger charge is -2.41. The van der Waals surface area contributed by atoms with Gasteiger partial charge in [0.25, 0.3) is 0 Å². The molecule has 1 heterocycles. The van der Waals surface area contributed by atoms with Gasteiger partial charge in [0.05, 0.1) is 10.9 Å². The zero-order chi connectivity index (χ0) is 14.9. The van der Waals surface area contributed by atoms with E-state index in [2.05, 4.69) is 10.2 Å². The van der Waals surface area contributed by atoms with E-state index in [-0.39, 0.29) is 16.8 Å². The van der Waals surface area contributed by atoms with Gasteiger partial charge in [-0.3, -0.25) is 9.69 Å². The van der Waals surface area contributed by atoms with Crippen LogP contribution in [0, 0.1) is 0 Å². The number of amides is 1. The van der Waals surface area contributed by atoms with Crippen molar-refractivity contribution in [2.45, 2.75) is 74.3 Å². The minimum atomic E-state index is -0.142. The molecule has 120 valence electrons. The molecule has 2 aliphatic carbocycles. The zero-order valence-corrected chi connectivity index (χ0v) is 13.8. The van der Waals surface area contributed by atoms with Crippen LogP contribution in [0.25, 0.3) is 0 Å². The van der Waals surface area contributed by atoms with Crippen LogP contribution in [0.2, 0.25) is 0 Å². The molecule has 21 heavy (non-hydrogen) atoms. The highest BCUT2D eigenvalue weighted by Crippen LogP contribution is 2.47. The van der Waals surface area contributed by atoms with Gasteiger partial charge in [0.15, 0.2) is 0 Å². The Hall–Kier alpha value is -0.260. The highest BCUT2D eigenvalue weighted by molar-refractivity contribution is 8.01. The molecule has 3 rings (SSSR count). The summed E-state index contributed by atoms with van der Waals surface area (Å²) in [5, 5.41) is 13.4. The van der Waals surface area contributed by atoms with Gasteiger partial charge in [-0.15, -0.1) is 11.8 Å². The van der Waals surface area contributed by atoms with E-state index < -0.39 is 0 Å². The SMILES string of the molecule is CSC1(C(=O)NC2CCN([C@H]3CCCC[C@H]3O)CC2)CC1. The van der Waals surface area contributed by atoms with E-state index in [0.717, 1.165) is 51.6 Å². The number of nitrogens with zero attached hydrogens (tertiary/aromatic N) is 1. The Labute approximate surface area is 132 Å². The molecule has 1 aliphatic heterocycles. The molecule has 2 atom stereocenters. The number of piperidine rings is 1. The van der Waals surface area contributed by atoms with E-state index in [1.165, 1.54) is 12.8 Å². The van der Waals surface area contributed by atoms with E-state index in [1.54, 1.807) is 11.8 Å². The molecule has 4 nitrogen and oxygen atoms in total. The number of hydrogen-bond donors (Lipinski definition) is 2. The predicted octanol–water partition coefficient (Wildman–Crippen LogP) is 1.77. The standard InChI is InChI=1S/C16H28N2O2S/c1-21-16(8-9-16)15(20)17-12-6-10-18(11-7-12)13-4-2-3-5-14(13)19/h12-14,19H,2-11H2,1H3,(H,17,20)/t13-,14+/m0/s1. The Balaban J connectivity index is 1.45. The molecule has 0 aromatic carbocycles. The van der Waals surface area contributed by atoms with Crippen LogP contribution in [0.4, 0.5) is 0 Å². The first-order valence-electron chi connectivity index (χ1n) is 8.43. The minimum Gasteiger partial charge on any atom is -0.391 e. The van der Waals surface area contributed by atoms with Crippen LogP contribution in [-0.2, 0) is 4.79 Å². The third-order valence-electron chi connectivity index (χ3n) is 5.54. The summed E-state index contributed by atoms with van der Waals surface area (Å²) in [5.41, 5.74) is 0. The van der Waals surface area contributed by atoms with Gasteiger partial charge in [-0.2, -0.15) is 0 Å². The first kappa shape index (κ1) is 15.6. The highest BCUT2D eigenvalue weighted by atomic mass is 32.2. The molecule has 0 aromatic rings. The van der Waals surface area contributed by atoms with Crippen LogP contribution in [0.3, 0.4) is 0 Å². The molecular formula is C16H28N2O2S. The Morgan fingerprint density at radius 1 is 1.19 bits per heavy atom. The maximum atomic E-state index is 12.3. The van der Waals surface area contributed by atoms with Gasteiger partial charge in [0, 0.05) is 25.2 Å². The Bertz CT molecular complexity index is 378. The van der Waals surface area contributed by atoms with Gasteiger partial charge in [-0.05, 0) is 44.8 Å². The van der Waals surface area contributed by atoms with Crippen molar-refractivity contribution in [3.05, 3.63) is 0 Å². The smallest absolute Gasteiger partial charge is 0.236 e. The highest BCUT2D eigenvalue weighted by Gasteiger charge is 2.49. The van der Waals surface area contributed by atoms with Gasteiger partial charge >= 0.3 is 0 Å². The van der Waals surface area contributed by atoms with Crippen LogP contribution >= 0.6 is 11.8 Å². The van der Waals surface area contributed by atoms with Crippen molar-refractivity contribution in [3.63, 3.8) is 0 Å². The summed E-state index contributed by atoms with van der Waals surface area (Å²) in [4.78, 5) is 14.7. The summed E-state index contributed by atoms with van der Waals surface area (Å²) in [6.45, 7) is 2.03. The number of rotatable bonds is 4. The van der Waals surface area contributed by atoms with Crippen molar-refractivity contribution < 1.29 is 9.90 Å². The largest absolute Gasteiger partial charge is 0.391 e. The third-order valence-corrected chi connectivity index (χ3v) is 6.91. The third kappa shape index (κ3) is 3.40. The fourth-order valence-electron chi connectivity index (χ4n) is 3.85. The van der Waals surface area contributed by atoms with Crippen LogP contribution in [0.15, 0.2) is 0 Å². The van der Waals surface area contributed by atoms with Crippen molar-refractivity contribution >= 4 is 17.7 Å². The number of aliphatic hydroxyl groups excluding tert-OH is 1. The minimum absolute atomic E-state index is 0.100. The molecule has 3 fully saturated rings. The summed E-state index contributed by atoms with van der Waals surface area (Å²) in [6.07, 6.45) is 10.5. The van der Waals surface area contributed by atoms with E-state index in [4.69, 9.17) is 0 Å².